The SMILES string of the molecule is Cc1ccnc(-c2ccc([C@]3(CN4Cc5ccc(O)cc5C4=O)NC(=O)N(COCC[Si](C)(C)C)C3=O)cc2)c1. The molecule has 2 N–H and O–H groups in total. The molecule has 0 spiro atoms. The maximum atomic E-state index is 14.0. The molecule has 40 heavy (non-hydrogen) atoms. The number of hydrogen-bond donors (Lipinski definition) is 2. The maximum absolute atomic E-state index is 14.0. The van der Waals surface area contributed by atoms with Gasteiger partial charge in [-0.1, -0.05) is 50.0 Å². The number of pyridine rings is 1. The number of nitrogens with zero attached hydrogens (tertiary/aromatic N) is 3. The molecule has 2 aromatic carbocycles. The zero-order valence-corrected chi connectivity index (χ0v) is 24.2. The lowest BCUT2D eigenvalue weighted by Crippen LogP contribution is -2.53. The van der Waals surface area contributed by atoms with Crippen LogP contribution >= 0.6 is 0 Å². The molecule has 1 fully saturated rings. The summed E-state index contributed by atoms with van der Waals surface area (Å²) in [4.78, 5) is 47.6. The first-order valence-electron chi connectivity index (χ1n) is 13.3. The predicted molar refractivity (Wildman–Crippen MR) is 153 cm³/mol. The normalized spacial score (nSPS) is 18.9. The highest BCUT2D eigenvalue weighted by molar-refractivity contribution is 6.76. The average Bonchev–Trinajstić information content (AvgIpc) is 3.34. The fourth-order valence-electron chi connectivity index (χ4n) is 5.05. The van der Waals surface area contributed by atoms with Crippen molar-refractivity contribution in [2.45, 2.75) is 44.7 Å². The summed E-state index contributed by atoms with van der Waals surface area (Å²) < 4.78 is 5.77. The van der Waals surface area contributed by atoms with Crippen LogP contribution in [0.5, 0.6) is 5.75 Å². The van der Waals surface area contributed by atoms with Crippen molar-refractivity contribution in [2.24, 2.45) is 0 Å². The van der Waals surface area contributed by atoms with Crippen molar-refractivity contribution in [1.82, 2.24) is 20.1 Å². The lowest BCUT2D eigenvalue weighted by Gasteiger charge is -2.32. The fourth-order valence-corrected chi connectivity index (χ4v) is 5.81. The summed E-state index contributed by atoms with van der Waals surface area (Å²) in [5, 5.41) is 12.8. The fraction of sp³-hybridized carbons (Fsp3) is 0.333. The number of fused-ring (bicyclic) bond motifs is 1. The Kier molecular flexibility index (Phi) is 7.24. The van der Waals surface area contributed by atoms with Gasteiger partial charge in [0.1, 0.15) is 12.5 Å². The second-order valence-corrected chi connectivity index (χ2v) is 17.3. The van der Waals surface area contributed by atoms with Gasteiger partial charge in [-0.25, -0.2) is 9.69 Å². The molecule has 1 aromatic heterocycles. The topological polar surface area (TPSA) is 112 Å². The first-order valence-corrected chi connectivity index (χ1v) is 17.0. The summed E-state index contributed by atoms with van der Waals surface area (Å²) in [5.74, 6) is -0.785. The molecule has 3 aromatic rings. The van der Waals surface area contributed by atoms with E-state index < -0.39 is 25.6 Å². The maximum Gasteiger partial charge on any atom is 0.327 e. The molecular formula is C30H34N4O5Si. The van der Waals surface area contributed by atoms with Gasteiger partial charge in [0.05, 0.1) is 12.2 Å². The molecule has 2 aliphatic heterocycles. The van der Waals surface area contributed by atoms with Gasteiger partial charge in [-0.05, 0) is 53.9 Å². The number of carbonyl (C=O) groups excluding carboxylic acids is 3. The Balaban J connectivity index is 1.45. The number of amides is 4. The molecule has 9 nitrogen and oxygen atoms in total. The van der Waals surface area contributed by atoms with E-state index in [0.717, 1.165) is 33.3 Å². The van der Waals surface area contributed by atoms with Crippen LogP contribution < -0.4 is 5.32 Å². The zero-order chi connectivity index (χ0) is 28.7. The van der Waals surface area contributed by atoms with Gasteiger partial charge in [0.15, 0.2) is 5.54 Å². The van der Waals surface area contributed by atoms with Crippen LogP contribution in [-0.4, -0.2) is 65.7 Å². The number of carbonyl (C=O) groups is 3. The molecule has 0 saturated carbocycles. The van der Waals surface area contributed by atoms with E-state index in [1.165, 1.54) is 17.0 Å². The van der Waals surface area contributed by atoms with Crippen LogP contribution in [0.2, 0.25) is 25.7 Å². The van der Waals surface area contributed by atoms with Crippen molar-refractivity contribution in [2.75, 3.05) is 19.9 Å². The van der Waals surface area contributed by atoms with Crippen LogP contribution in [0.15, 0.2) is 60.8 Å². The number of aryl methyl sites for hydroxylation is 1. The standard InChI is InChI=1S/C30H34N4O5Si/c1-20-11-12-31-26(15-20)21-5-8-23(9-6-21)30(18-33-17-22-7-10-24(35)16-25(22)27(33)36)28(37)34(29(38)32-30)19-39-13-14-40(2,3)4/h5-12,15-16,35H,13-14,17-19H2,1-4H3,(H,32,38)/t30-/m0/s1. The van der Waals surface area contributed by atoms with Crippen molar-refractivity contribution in [1.29, 1.82) is 0 Å². The summed E-state index contributed by atoms with van der Waals surface area (Å²) in [7, 11) is -1.35. The Labute approximate surface area is 234 Å². The largest absolute Gasteiger partial charge is 0.508 e. The third-order valence-corrected chi connectivity index (χ3v) is 9.09. The molecule has 3 heterocycles. The third kappa shape index (κ3) is 5.37. The van der Waals surface area contributed by atoms with Crippen molar-refractivity contribution >= 4 is 25.9 Å². The highest BCUT2D eigenvalue weighted by Crippen LogP contribution is 2.35. The number of phenols is 1. The Hall–Kier alpha value is -4.02. The summed E-state index contributed by atoms with van der Waals surface area (Å²) in [5.41, 5.74) is 2.93. The van der Waals surface area contributed by atoms with Gasteiger partial charge in [0, 0.05) is 38.5 Å². The van der Waals surface area contributed by atoms with Crippen LogP contribution in [0, 0.1) is 6.92 Å². The second-order valence-electron chi connectivity index (χ2n) is 11.7. The van der Waals surface area contributed by atoms with E-state index in [0.29, 0.717) is 17.7 Å². The van der Waals surface area contributed by atoms with Crippen LogP contribution in [0.3, 0.4) is 0 Å². The number of nitrogens with one attached hydrogen (secondary N) is 1. The van der Waals surface area contributed by atoms with Gasteiger partial charge in [0.25, 0.3) is 11.8 Å². The van der Waals surface area contributed by atoms with Gasteiger partial charge in [-0.2, -0.15) is 0 Å². The van der Waals surface area contributed by atoms with E-state index in [1.807, 2.05) is 31.2 Å². The predicted octanol–water partition coefficient (Wildman–Crippen LogP) is 4.48. The van der Waals surface area contributed by atoms with Crippen LogP contribution in [-0.2, 0) is 21.6 Å². The highest BCUT2D eigenvalue weighted by atomic mass is 28.3. The number of benzene rings is 2. The van der Waals surface area contributed by atoms with E-state index in [1.54, 1.807) is 24.4 Å². The minimum absolute atomic E-state index is 0.00380. The first-order chi connectivity index (χ1) is 19.0. The van der Waals surface area contributed by atoms with Crippen LogP contribution in [0.25, 0.3) is 11.3 Å². The number of aromatic nitrogens is 1. The molecule has 0 radical (unpaired) electrons. The minimum Gasteiger partial charge on any atom is -0.508 e. The van der Waals surface area contributed by atoms with Crippen LogP contribution in [0.4, 0.5) is 4.79 Å². The van der Waals surface area contributed by atoms with E-state index in [-0.39, 0.29) is 31.5 Å². The molecule has 0 unspecified atom stereocenters. The number of phenolic OH excluding ortho intramolecular Hbond substituents is 1. The van der Waals surface area contributed by atoms with Gasteiger partial charge >= 0.3 is 6.03 Å². The highest BCUT2D eigenvalue weighted by Gasteiger charge is 2.54. The number of urea groups is 1. The van der Waals surface area contributed by atoms with E-state index in [4.69, 9.17) is 4.74 Å². The summed E-state index contributed by atoms with van der Waals surface area (Å²) in [6, 6.07) is 16.2. The molecule has 0 aliphatic carbocycles. The lowest BCUT2D eigenvalue weighted by atomic mass is 9.88. The Bertz CT molecular complexity index is 1470. The molecule has 10 heteroatoms. The minimum atomic E-state index is -1.50. The summed E-state index contributed by atoms with van der Waals surface area (Å²) >= 11 is 0. The van der Waals surface area contributed by atoms with Crippen LogP contribution in [0.1, 0.15) is 27.0 Å². The Morgan fingerprint density at radius 1 is 1.05 bits per heavy atom. The second kappa shape index (κ2) is 10.5. The molecule has 0 bridgehead atoms. The van der Waals surface area contributed by atoms with E-state index in [9.17, 15) is 19.5 Å². The molecular weight excluding hydrogens is 524 g/mol. The number of rotatable bonds is 9. The number of hydrogen-bond acceptors (Lipinski definition) is 6. The molecule has 208 valence electrons. The van der Waals surface area contributed by atoms with Crippen molar-refractivity contribution in [3.8, 4) is 17.0 Å². The first kappa shape index (κ1) is 27.5. The van der Waals surface area contributed by atoms with Gasteiger partial charge < -0.3 is 20.1 Å². The van der Waals surface area contributed by atoms with Gasteiger partial charge in [-0.15, -0.1) is 0 Å². The average molecular weight is 559 g/mol. The summed E-state index contributed by atoms with van der Waals surface area (Å²) in [6.45, 7) is 9.18. The molecule has 1 atom stereocenters. The third-order valence-electron chi connectivity index (χ3n) is 7.38. The van der Waals surface area contributed by atoms with Crippen molar-refractivity contribution in [3.63, 3.8) is 0 Å². The number of aromatic hydroxyl groups is 1. The molecule has 1 saturated heterocycles. The molecule has 4 amide bonds. The summed E-state index contributed by atoms with van der Waals surface area (Å²) in [6.07, 6.45) is 1.75. The lowest BCUT2D eigenvalue weighted by molar-refractivity contribution is -0.135. The van der Waals surface area contributed by atoms with Gasteiger partial charge in [-0.3, -0.25) is 14.6 Å². The smallest absolute Gasteiger partial charge is 0.327 e. The number of imide groups is 1. The quantitative estimate of drug-likeness (QED) is 0.228. The Morgan fingerprint density at radius 3 is 2.50 bits per heavy atom. The zero-order valence-electron chi connectivity index (χ0n) is 23.2. The van der Waals surface area contributed by atoms with E-state index in [2.05, 4.69) is 29.9 Å². The van der Waals surface area contributed by atoms with E-state index >= 15 is 0 Å². The monoisotopic (exact) mass is 558 g/mol. The van der Waals surface area contributed by atoms with Crippen molar-refractivity contribution in [3.05, 3.63) is 83.0 Å². The molecule has 5 rings (SSSR count). The van der Waals surface area contributed by atoms with Gasteiger partial charge in [0.2, 0.25) is 0 Å². The van der Waals surface area contributed by atoms with Crippen molar-refractivity contribution < 1.29 is 24.2 Å². The Morgan fingerprint density at radius 2 is 1.80 bits per heavy atom. The molecule has 2 aliphatic rings. The number of ether oxygens (including phenoxy) is 1.